The van der Waals surface area contributed by atoms with Crippen LogP contribution in [0, 0.1) is 0 Å². The van der Waals surface area contributed by atoms with Gasteiger partial charge in [0.25, 0.3) is 0 Å². The summed E-state index contributed by atoms with van der Waals surface area (Å²) in [5, 5.41) is 0.670. The van der Waals surface area contributed by atoms with Gasteiger partial charge in [-0.2, -0.15) is 0 Å². The van der Waals surface area contributed by atoms with Crippen LogP contribution in [0.25, 0.3) is 0 Å². The van der Waals surface area contributed by atoms with Gasteiger partial charge in [-0.15, -0.1) is 0 Å². The molecule has 0 bridgehead atoms. The molecule has 0 spiro atoms. The van der Waals surface area contributed by atoms with Gasteiger partial charge in [0.05, 0.1) is 10.7 Å². The SMILES string of the molecule is CCCCN(c1ccc(C(C)=O)cc1Cl)C(C)CC. The van der Waals surface area contributed by atoms with Crippen molar-refractivity contribution in [1.82, 2.24) is 0 Å². The smallest absolute Gasteiger partial charge is 0.159 e. The molecular weight excluding hydrogens is 258 g/mol. The molecule has 1 aromatic rings. The summed E-state index contributed by atoms with van der Waals surface area (Å²) in [7, 11) is 0. The van der Waals surface area contributed by atoms with Crippen LogP contribution in [0.4, 0.5) is 5.69 Å². The zero-order valence-electron chi connectivity index (χ0n) is 12.4. The van der Waals surface area contributed by atoms with Crippen molar-refractivity contribution >= 4 is 23.1 Å². The van der Waals surface area contributed by atoms with Gasteiger partial charge in [-0.3, -0.25) is 4.79 Å². The van der Waals surface area contributed by atoms with Gasteiger partial charge in [-0.05, 0) is 44.9 Å². The number of anilines is 1. The third kappa shape index (κ3) is 4.24. The molecule has 1 aromatic carbocycles. The maximum Gasteiger partial charge on any atom is 0.159 e. The Morgan fingerprint density at radius 3 is 2.53 bits per heavy atom. The molecule has 0 saturated carbocycles. The van der Waals surface area contributed by atoms with Crippen LogP contribution in [0.2, 0.25) is 5.02 Å². The van der Waals surface area contributed by atoms with Crippen LogP contribution in [0.15, 0.2) is 18.2 Å². The Balaban J connectivity index is 3.04. The minimum atomic E-state index is 0.0529. The number of carbonyl (C=O) groups excluding carboxylic acids is 1. The third-order valence-corrected chi connectivity index (χ3v) is 3.84. The molecule has 0 aliphatic carbocycles. The highest BCUT2D eigenvalue weighted by molar-refractivity contribution is 6.33. The molecule has 0 amide bonds. The number of carbonyl (C=O) groups is 1. The predicted molar refractivity (Wildman–Crippen MR) is 83.5 cm³/mol. The van der Waals surface area contributed by atoms with Crippen molar-refractivity contribution in [2.24, 2.45) is 0 Å². The highest BCUT2D eigenvalue weighted by Gasteiger charge is 2.16. The molecule has 0 N–H and O–H groups in total. The lowest BCUT2D eigenvalue weighted by Gasteiger charge is -2.31. The van der Waals surface area contributed by atoms with Crippen molar-refractivity contribution < 1.29 is 4.79 Å². The molecule has 0 fully saturated rings. The van der Waals surface area contributed by atoms with Gasteiger partial charge >= 0.3 is 0 Å². The second kappa shape index (κ2) is 7.54. The number of ketones is 1. The van der Waals surface area contributed by atoms with Crippen molar-refractivity contribution in [1.29, 1.82) is 0 Å². The van der Waals surface area contributed by atoms with Gasteiger partial charge in [-0.1, -0.05) is 31.9 Å². The lowest BCUT2D eigenvalue weighted by atomic mass is 10.1. The lowest BCUT2D eigenvalue weighted by Crippen LogP contribution is -2.33. The summed E-state index contributed by atoms with van der Waals surface area (Å²) in [5.41, 5.74) is 1.71. The van der Waals surface area contributed by atoms with Crippen LogP contribution < -0.4 is 4.90 Å². The summed E-state index contributed by atoms with van der Waals surface area (Å²) in [6.07, 6.45) is 3.39. The lowest BCUT2D eigenvalue weighted by molar-refractivity contribution is 0.101. The normalized spacial score (nSPS) is 12.3. The Bertz CT molecular complexity index is 431. The maximum atomic E-state index is 11.4. The minimum Gasteiger partial charge on any atom is -0.368 e. The molecule has 0 aliphatic heterocycles. The molecule has 3 heteroatoms. The molecule has 1 atom stereocenters. The van der Waals surface area contributed by atoms with Gasteiger partial charge in [0.2, 0.25) is 0 Å². The van der Waals surface area contributed by atoms with E-state index in [9.17, 15) is 4.79 Å². The zero-order valence-corrected chi connectivity index (χ0v) is 13.1. The Hall–Kier alpha value is -1.02. The first-order valence-corrected chi connectivity index (χ1v) is 7.46. The third-order valence-electron chi connectivity index (χ3n) is 3.54. The van der Waals surface area contributed by atoms with E-state index in [2.05, 4.69) is 25.7 Å². The summed E-state index contributed by atoms with van der Waals surface area (Å²) < 4.78 is 0. The maximum absolute atomic E-state index is 11.4. The van der Waals surface area contributed by atoms with E-state index in [1.807, 2.05) is 12.1 Å². The highest BCUT2D eigenvalue weighted by Crippen LogP contribution is 2.29. The van der Waals surface area contributed by atoms with Crippen molar-refractivity contribution in [3.05, 3.63) is 28.8 Å². The van der Waals surface area contributed by atoms with E-state index in [1.165, 1.54) is 0 Å². The fraction of sp³-hybridized carbons (Fsp3) is 0.562. The van der Waals surface area contributed by atoms with E-state index in [4.69, 9.17) is 11.6 Å². The van der Waals surface area contributed by atoms with Crippen LogP contribution in [-0.4, -0.2) is 18.4 Å². The van der Waals surface area contributed by atoms with Gasteiger partial charge in [0, 0.05) is 18.2 Å². The standard InChI is InChI=1S/C16H24ClNO/c1-5-7-10-18(12(3)6-2)16-9-8-14(13(4)19)11-15(16)17/h8-9,11-12H,5-7,10H2,1-4H3. The molecule has 1 rings (SSSR count). The van der Waals surface area contributed by atoms with E-state index < -0.39 is 0 Å². The highest BCUT2D eigenvalue weighted by atomic mass is 35.5. The van der Waals surface area contributed by atoms with Crippen LogP contribution >= 0.6 is 11.6 Å². The molecule has 19 heavy (non-hydrogen) atoms. The van der Waals surface area contributed by atoms with E-state index in [1.54, 1.807) is 13.0 Å². The minimum absolute atomic E-state index is 0.0529. The molecular formula is C16H24ClNO. The van der Waals surface area contributed by atoms with Crippen LogP contribution in [0.5, 0.6) is 0 Å². The molecule has 0 aromatic heterocycles. The van der Waals surface area contributed by atoms with Crippen molar-refractivity contribution in [3.63, 3.8) is 0 Å². The summed E-state index contributed by atoms with van der Waals surface area (Å²) in [4.78, 5) is 13.7. The second-order valence-corrected chi connectivity index (χ2v) is 5.43. The van der Waals surface area contributed by atoms with E-state index in [0.717, 1.165) is 31.5 Å². The average Bonchev–Trinajstić information content (AvgIpc) is 2.39. The number of Topliss-reactive ketones (excluding diaryl/α,β-unsaturated/α-hetero) is 1. The van der Waals surface area contributed by atoms with Gasteiger partial charge < -0.3 is 4.90 Å². The average molecular weight is 282 g/mol. The molecule has 2 nitrogen and oxygen atoms in total. The fourth-order valence-electron chi connectivity index (χ4n) is 2.09. The topological polar surface area (TPSA) is 20.3 Å². The predicted octanol–water partition coefficient (Wildman–Crippen LogP) is 4.95. The second-order valence-electron chi connectivity index (χ2n) is 5.03. The van der Waals surface area contributed by atoms with Crippen molar-refractivity contribution in [2.45, 2.75) is 53.0 Å². The van der Waals surface area contributed by atoms with E-state index >= 15 is 0 Å². The van der Waals surface area contributed by atoms with Crippen LogP contribution in [0.3, 0.4) is 0 Å². The Kier molecular flexibility index (Phi) is 6.36. The first-order valence-electron chi connectivity index (χ1n) is 7.08. The Labute approximate surface area is 121 Å². The zero-order chi connectivity index (χ0) is 14.4. The first-order chi connectivity index (χ1) is 9.01. The summed E-state index contributed by atoms with van der Waals surface area (Å²) >= 11 is 6.35. The monoisotopic (exact) mass is 281 g/mol. The Morgan fingerprint density at radius 1 is 1.37 bits per heavy atom. The van der Waals surface area contributed by atoms with Crippen molar-refractivity contribution in [3.8, 4) is 0 Å². The largest absolute Gasteiger partial charge is 0.368 e. The molecule has 106 valence electrons. The fourth-order valence-corrected chi connectivity index (χ4v) is 2.38. The number of nitrogens with zero attached hydrogens (tertiary/aromatic N) is 1. The van der Waals surface area contributed by atoms with E-state index in [0.29, 0.717) is 16.6 Å². The molecule has 0 radical (unpaired) electrons. The quantitative estimate of drug-likeness (QED) is 0.659. The van der Waals surface area contributed by atoms with Gasteiger partial charge in [-0.25, -0.2) is 0 Å². The molecule has 1 unspecified atom stereocenters. The molecule has 0 aliphatic rings. The van der Waals surface area contributed by atoms with Gasteiger partial charge in [0.1, 0.15) is 0 Å². The van der Waals surface area contributed by atoms with Crippen molar-refractivity contribution in [2.75, 3.05) is 11.4 Å². The summed E-state index contributed by atoms with van der Waals surface area (Å²) in [6.45, 7) is 9.15. The first kappa shape index (κ1) is 16.0. The van der Waals surface area contributed by atoms with Crippen LogP contribution in [0.1, 0.15) is 57.3 Å². The number of hydrogen-bond donors (Lipinski definition) is 0. The summed E-state index contributed by atoms with van der Waals surface area (Å²) in [5.74, 6) is 0.0529. The number of benzene rings is 1. The number of hydrogen-bond acceptors (Lipinski definition) is 2. The Morgan fingerprint density at radius 2 is 2.05 bits per heavy atom. The van der Waals surface area contributed by atoms with Gasteiger partial charge in [0.15, 0.2) is 5.78 Å². The number of rotatable bonds is 7. The summed E-state index contributed by atoms with van der Waals surface area (Å²) in [6, 6.07) is 6.07. The number of unbranched alkanes of at least 4 members (excludes halogenated alkanes) is 1. The number of halogens is 1. The molecule has 0 saturated heterocycles. The molecule has 0 heterocycles. The van der Waals surface area contributed by atoms with E-state index in [-0.39, 0.29) is 5.78 Å². The van der Waals surface area contributed by atoms with Crippen LogP contribution in [-0.2, 0) is 0 Å².